The van der Waals surface area contributed by atoms with Crippen LogP contribution in [0.2, 0.25) is 0 Å². The van der Waals surface area contributed by atoms with Gasteiger partial charge in [0.1, 0.15) is 5.60 Å². The summed E-state index contributed by atoms with van der Waals surface area (Å²) in [7, 11) is 1.90. The van der Waals surface area contributed by atoms with E-state index in [1.807, 2.05) is 32.5 Å². The Labute approximate surface area is 101 Å². The number of carbonyl (C=O) groups is 1. The zero-order chi connectivity index (χ0) is 12.6. The Morgan fingerprint density at radius 3 is 2.71 bits per heavy atom. The molecule has 0 aromatic carbocycles. The molecule has 1 saturated carbocycles. The number of anilines is 1. The first-order valence-electron chi connectivity index (χ1n) is 5.89. The monoisotopic (exact) mass is 237 g/mol. The molecule has 2 rings (SSSR count). The van der Waals surface area contributed by atoms with Gasteiger partial charge in [-0.2, -0.15) is 5.10 Å². The summed E-state index contributed by atoms with van der Waals surface area (Å²) in [5.41, 5.74) is 1.38. The van der Waals surface area contributed by atoms with Gasteiger partial charge in [0.2, 0.25) is 0 Å². The first-order valence-corrected chi connectivity index (χ1v) is 5.89. The predicted molar refractivity (Wildman–Crippen MR) is 65.0 cm³/mol. The van der Waals surface area contributed by atoms with Gasteiger partial charge >= 0.3 is 6.09 Å². The molecule has 0 unspecified atom stereocenters. The maximum atomic E-state index is 11.7. The Hall–Kier alpha value is -1.52. The van der Waals surface area contributed by atoms with Crippen molar-refractivity contribution in [2.45, 2.75) is 45.1 Å². The molecular weight excluding hydrogens is 218 g/mol. The minimum atomic E-state index is -0.480. The van der Waals surface area contributed by atoms with Crippen LogP contribution in [0.4, 0.5) is 10.5 Å². The van der Waals surface area contributed by atoms with Gasteiger partial charge in [-0.05, 0) is 33.6 Å². The number of amides is 1. The number of rotatable bonds is 2. The minimum Gasteiger partial charge on any atom is -0.444 e. The SMILES string of the molecule is Cn1ncc(NC(=O)OC(C)(C)C)c1C1CC1. The van der Waals surface area contributed by atoms with Crippen LogP contribution in [0.15, 0.2) is 6.20 Å². The average Bonchev–Trinajstić information content (AvgIpc) is 2.90. The zero-order valence-electron chi connectivity index (χ0n) is 10.8. The molecule has 17 heavy (non-hydrogen) atoms. The van der Waals surface area contributed by atoms with Crippen LogP contribution in [-0.2, 0) is 11.8 Å². The van der Waals surface area contributed by atoms with Crippen molar-refractivity contribution in [3.8, 4) is 0 Å². The van der Waals surface area contributed by atoms with Gasteiger partial charge in [-0.25, -0.2) is 4.79 Å². The summed E-state index contributed by atoms with van der Waals surface area (Å²) in [6.07, 6.45) is 3.59. The largest absolute Gasteiger partial charge is 0.444 e. The molecule has 1 N–H and O–H groups in total. The molecule has 94 valence electrons. The molecule has 0 atom stereocenters. The van der Waals surface area contributed by atoms with Gasteiger partial charge in [0.15, 0.2) is 0 Å². The molecule has 0 radical (unpaired) electrons. The van der Waals surface area contributed by atoms with E-state index in [0.29, 0.717) is 5.92 Å². The molecule has 1 aromatic rings. The fourth-order valence-corrected chi connectivity index (χ4v) is 1.80. The van der Waals surface area contributed by atoms with Crippen molar-refractivity contribution >= 4 is 11.8 Å². The maximum Gasteiger partial charge on any atom is 0.412 e. The molecule has 5 heteroatoms. The number of hydrogen-bond donors (Lipinski definition) is 1. The summed E-state index contributed by atoms with van der Waals surface area (Å²) in [6, 6.07) is 0. The van der Waals surface area contributed by atoms with Gasteiger partial charge in [0, 0.05) is 13.0 Å². The van der Waals surface area contributed by atoms with Crippen LogP contribution in [0.5, 0.6) is 0 Å². The van der Waals surface area contributed by atoms with E-state index in [1.165, 1.54) is 12.8 Å². The zero-order valence-corrected chi connectivity index (χ0v) is 10.8. The number of nitrogens with one attached hydrogen (secondary N) is 1. The molecule has 1 aliphatic rings. The van der Waals surface area contributed by atoms with E-state index in [9.17, 15) is 4.79 Å². The minimum absolute atomic E-state index is 0.424. The number of nitrogens with zero attached hydrogens (tertiary/aromatic N) is 2. The molecular formula is C12H19N3O2. The Balaban J connectivity index is 2.06. The standard InChI is InChI=1S/C12H19N3O2/c1-12(2,3)17-11(16)14-9-7-13-15(4)10(9)8-5-6-8/h7-8H,5-6H2,1-4H3,(H,14,16). The highest BCUT2D eigenvalue weighted by Crippen LogP contribution is 2.43. The second kappa shape index (κ2) is 4.05. The molecule has 0 spiro atoms. The summed E-state index contributed by atoms with van der Waals surface area (Å²) >= 11 is 0. The lowest BCUT2D eigenvalue weighted by Gasteiger charge is -2.19. The quantitative estimate of drug-likeness (QED) is 0.860. The molecule has 1 aromatic heterocycles. The van der Waals surface area contributed by atoms with E-state index in [2.05, 4.69) is 10.4 Å². The lowest BCUT2D eigenvalue weighted by Crippen LogP contribution is -2.27. The van der Waals surface area contributed by atoms with Crippen LogP contribution in [0.25, 0.3) is 0 Å². The smallest absolute Gasteiger partial charge is 0.412 e. The molecule has 1 fully saturated rings. The Bertz CT molecular complexity index is 427. The third kappa shape index (κ3) is 2.99. The summed E-state index contributed by atoms with van der Waals surface area (Å²) in [5, 5.41) is 6.94. The summed E-state index contributed by atoms with van der Waals surface area (Å²) in [5.74, 6) is 0.535. The van der Waals surface area contributed by atoms with Crippen LogP contribution in [-0.4, -0.2) is 21.5 Å². The Kier molecular flexibility index (Phi) is 2.85. The third-order valence-electron chi connectivity index (χ3n) is 2.58. The molecule has 0 bridgehead atoms. The van der Waals surface area contributed by atoms with Crippen molar-refractivity contribution in [3.05, 3.63) is 11.9 Å². The third-order valence-corrected chi connectivity index (χ3v) is 2.58. The normalized spacial score (nSPS) is 15.8. The molecule has 0 aliphatic heterocycles. The molecule has 1 heterocycles. The number of aromatic nitrogens is 2. The lowest BCUT2D eigenvalue weighted by molar-refractivity contribution is 0.0636. The fraction of sp³-hybridized carbons (Fsp3) is 0.667. The summed E-state index contributed by atoms with van der Waals surface area (Å²) < 4.78 is 7.04. The van der Waals surface area contributed by atoms with E-state index in [4.69, 9.17) is 4.74 Å². The van der Waals surface area contributed by atoms with Crippen LogP contribution < -0.4 is 5.32 Å². The average molecular weight is 237 g/mol. The van der Waals surface area contributed by atoms with E-state index < -0.39 is 11.7 Å². The van der Waals surface area contributed by atoms with Gasteiger partial charge in [-0.1, -0.05) is 0 Å². The first kappa shape index (κ1) is 12.0. The van der Waals surface area contributed by atoms with Crippen LogP contribution >= 0.6 is 0 Å². The van der Waals surface area contributed by atoms with Crippen molar-refractivity contribution in [1.82, 2.24) is 9.78 Å². The summed E-state index contributed by atoms with van der Waals surface area (Å²) in [4.78, 5) is 11.7. The molecule has 5 nitrogen and oxygen atoms in total. The second-order valence-electron chi connectivity index (χ2n) is 5.47. The van der Waals surface area contributed by atoms with Crippen molar-refractivity contribution in [1.29, 1.82) is 0 Å². The summed E-state index contributed by atoms with van der Waals surface area (Å²) in [6.45, 7) is 5.53. The highest BCUT2D eigenvalue weighted by atomic mass is 16.6. The van der Waals surface area contributed by atoms with Gasteiger partial charge in [-0.3, -0.25) is 10.00 Å². The fourth-order valence-electron chi connectivity index (χ4n) is 1.80. The van der Waals surface area contributed by atoms with Gasteiger partial charge < -0.3 is 4.74 Å². The van der Waals surface area contributed by atoms with E-state index >= 15 is 0 Å². The second-order valence-corrected chi connectivity index (χ2v) is 5.47. The van der Waals surface area contributed by atoms with Crippen LogP contribution in [0.1, 0.15) is 45.2 Å². The van der Waals surface area contributed by atoms with Crippen molar-refractivity contribution in [2.24, 2.45) is 7.05 Å². The predicted octanol–water partition coefficient (Wildman–Crippen LogP) is 2.64. The van der Waals surface area contributed by atoms with E-state index in [0.717, 1.165) is 11.4 Å². The van der Waals surface area contributed by atoms with Crippen molar-refractivity contribution < 1.29 is 9.53 Å². The molecule has 1 aliphatic carbocycles. The topological polar surface area (TPSA) is 56.2 Å². The number of aryl methyl sites for hydroxylation is 1. The van der Waals surface area contributed by atoms with Crippen molar-refractivity contribution in [2.75, 3.05) is 5.32 Å². The van der Waals surface area contributed by atoms with Gasteiger partial charge in [0.05, 0.1) is 17.6 Å². The lowest BCUT2D eigenvalue weighted by atomic mass is 10.2. The van der Waals surface area contributed by atoms with E-state index in [1.54, 1.807) is 6.20 Å². The first-order chi connectivity index (χ1) is 7.87. The molecule has 1 amide bonds. The van der Waals surface area contributed by atoms with Crippen LogP contribution in [0.3, 0.4) is 0 Å². The van der Waals surface area contributed by atoms with E-state index in [-0.39, 0.29) is 0 Å². The van der Waals surface area contributed by atoms with Gasteiger partial charge in [0.25, 0.3) is 0 Å². The highest BCUT2D eigenvalue weighted by molar-refractivity contribution is 5.85. The molecule has 0 saturated heterocycles. The Morgan fingerprint density at radius 2 is 2.18 bits per heavy atom. The maximum absolute atomic E-state index is 11.7. The Morgan fingerprint density at radius 1 is 1.53 bits per heavy atom. The van der Waals surface area contributed by atoms with Crippen LogP contribution in [0, 0.1) is 0 Å². The number of hydrogen-bond acceptors (Lipinski definition) is 3. The number of ether oxygens (including phenoxy) is 1. The van der Waals surface area contributed by atoms with Crippen molar-refractivity contribution in [3.63, 3.8) is 0 Å². The highest BCUT2D eigenvalue weighted by Gasteiger charge is 2.30. The number of carbonyl (C=O) groups excluding carboxylic acids is 1. The van der Waals surface area contributed by atoms with Gasteiger partial charge in [-0.15, -0.1) is 0 Å².